The van der Waals surface area contributed by atoms with E-state index in [2.05, 4.69) is 32.5 Å². The molecular formula is C18H36O2S. The number of hydrogen-bond donors (Lipinski definition) is 1. The third-order valence-electron chi connectivity index (χ3n) is 4.05. The quantitative estimate of drug-likeness (QED) is 0.369. The van der Waals surface area contributed by atoms with Gasteiger partial charge >= 0.3 is 5.97 Å². The van der Waals surface area contributed by atoms with E-state index in [1.54, 1.807) is 0 Å². The highest BCUT2D eigenvalue weighted by Gasteiger charge is 2.19. The predicted molar refractivity (Wildman–Crippen MR) is 95.2 cm³/mol. The van der Waals surface area contributed by atoms with Crippen LogP contribution >= 0.6 is 11.8 Å². The maximum atomic E-state index is 11.3. The normalized spacial score (nSPS) is 14.0. The molecule has 0 saturated heterocycles. The molecule has 0 aromatic carbocycles. The van der Waals surface area contributed by atoms with Crippen LogP contribution in [0.4, 0.5) is 0 Å². The maximum absolute atomic E-state index is 11.3. The Kier molecular flexibility index (Phi) is 14.6. The van der Waals surface area contributed by atoms with Crippen LogP contribution in [0, 0.1) is 5.92 Å². The Morgan fingerprint density at radius 1 is 0.857 bits per heavy atom. The van der Waals surface area contributed by atoms with Crippen molar-refractivity contribution in [1.29, 1.82) is 0 Å². The van der Waals surface area contributed by atoms with Crippen LogP contribution in [0.15, 0.2) is 0 Å². The van der Waals surface area contributed by atoms with Crippen molar-refractivity contribution >= 4 is 17.7 Å². The molecular weight excluding hydrogens is 280 g/mol. The lowest BCUT2D eigenvalue weighted by molar-refractivity contribution is -0.142. The molecule has 2 atom stereocenters. The Hall–Kier alpha value is -0.180. The molecule has 0 aliphatic heterocycles. The third-order valence-corrected chi connectivity index (χ3v) is 5.52. The van der Waals surface area contributed by atoms with E-state index in [9.17, 15) is 9.90 Å². The van der Waals surface area contributed by atoms with E-state index < -0.39 is 5.97 Å². The molecule has 0 fully saturated rings. The number of hydrogen-bond acceptors (Lipinski definition) is 2. The number of carboxylic acids is 1. The Balaban J connectivity index is 4.00. The molecule has 126 valence electrons. The predicted octanol–water partition coefficient (Wildman–Crippen LogP) is 6.14. The fourth-order valence-corrected chi connectivity index (χ4v) is 4.05. The van der Waals surface area contributed by atoms with Gasteiger partial charge in [0.25, 0.3) is 0 Å². The zero-order chi connectivity index (χ0) is 15.9. The first-order valence-corrected chi connectivity index (χ1v) is 10.0. The summed E-state index contributed by atoms with van der Waals surface area (Å²) in [5.74, 6) is 0.536. The first-order chi connectivity index (χ1) is 10.2. The van der Waals surface area contributed by atoms with Crippen LogP contribution in [-0.4, -0.2) is 22.1 Å². The van der Waals surface area contributed by atoms with Gasteiger partial charge < -0.3 is 5.11 Å². The molecule has 0 rings (SSSR count). The van der Waals surface area contributed by atoms with Gasteiger partial charge in [-0.15, -0.1) is 0 Å². The fourth-order valence-electron chi connectivity index (χ4n) is 2.64. The summed E-state index contributed by atoms with van der Waals surface area (Å²) in [7, 11) is 0. The molecule has 0 aliphatic carbocycles. The second kappa shape index (κ2) is 14.7. The maximum Gasteiger partial charge on any atom is 0.306 e. The van der Waals surface area contributed by atoms with E-state index >= 15 is 0 Å². The van der Waals surface area contributed by atoms with E-state index in [0.29, 0.717) is 5.25 Å². The zero-order valence-electron chi connectivity index (χ0n) is 14.4. The van der Waals surface area contributed by atoms with Crippen LogP contribution in [0.5, 0.6) is 0 Å². The summed E-state index contributed by atoms with van der Waals surface area (Å²) >= 11 is 2.08. The summed E-state index contributed by atoms with van der Waals surface area (Å²) in [4.78, 5) is 11.3. The van der Waals surface area contributed by atoms with Gasteiger partial charge in [0.1, 0.15) is 0 Å². The van der Waals surface area contributed by atoms with Gasteiger partial charge in [-0.1, -0.05) is 59.3 Å². The van der Waals surface area contributed by atoms with Crippen molar-refractivity contribution in [2.24, 2.45) is 5.92 Å². The molecule has 2 nitrogen and oxygen atoms in total. The van der Waals surface area contributed by atoms with Gasteiger partial charge in [-0.25, -0.2) is 0 Å². The first-order valence-electron chi connectivity index (χ1n) is 9.00. The van der Waals surface area contributed by atoms with Crippen LogP contribution in [0.25, 0.3) is 0 Å². The SMILES string of the molecule is CCCCCCSC(CCC)CCC(CCCC)C(=O)O. The van der Waals surface area contributed by atoms with Gasteiger partial charge in [0.15, 0.2) is 0 Å². The molecule has 21 heavy (non-hydrogen) atoms. The van der Waals surface area contributed by atoms with Gasteiger partial charge in [0.05, 0.1) is 5.92 Å². The molecule has 0 amide bonds. The van der Waals surface area contributed by atoms with E-state index in [1.165, 1.54) is 44.3 Å². The number of rotatable bonds is 15. The summed E-state index contributed by atoms with van der Waals surface area (Å²) in [6.45, 7) is 6.61. The molecule has 0 spiro atoms. The summed E-state index contributed by atoms with van der Waals surface area (Å²) in [5, 5.41) is 9.98. The lowest BCUT2D eigenvalue weighted by Gasteiger charge is -2.18. The standard InChI is InChI=1S/C18H36O2S/c1-4-7-9-10-15-21-17(11-6-3)14-13-16(18(19)20)12-8-5-2/h16-17H,4-15H2,1-3H3,(H,19,20). The van der Waals surface area contributed by atoms with Gasteiger partial charge in [-0.05, 0) is 37.9 Å². The third kappa shape index (κ3) is 12.1. The molecule has 1 N–H and O–H groups in total. The van der Waals surface area contributed by atoms with E-state index in [4.69, 9.17) is 0 Å². The number of carbonyl (C=O) groups is 1. The van der Waals surface area contributed by atoms with Gasteiger partial charge in [0.2, 0.25) is 0 Å². The van der Waals surface area contributed by atoms with Crippen LogP contribution in [0.2, 0.25) is 0 Å². The van der Waals surface area contributed by atoms with Gasteiger partial charge in [-0.3, -0.25) is 4.79 Å². The van der Waals surface area contributed by atoms with Gasteiger partial charge in [0, 0.05) is 5.25 Å². The second-order valence-corrected chi connectivity index (χ2v) is 7.51. The molecule has 0 bridgehead atoms. The Labute approximate surface area is 136 Å². The molecule has 0 aromatic heterocycles. The van der Waals surface area contributed by atoms with Gasteiger partial charge in [-0.2, -0.15) is 11.8 Å². The molecule has 3 heteroatoms. The number of aliphatic carboxylic acids is 1. The first kappa shape index (κ1) is 20.8. The lowest BCUT2D eigenvalue weighted by atomic mass is 9.95. The zero-order valence-corrected chi connectivity index (χ0v) is 15.2. The summed E-state index contributed by atoms with van der Waals surface area (Å²) in [5.41, 5.74) is 0. The van der Waals surface area contributed by atoms with Crippen molar-refractivity contribution in [2.45, 2.75) is 96.7 Å². The Bertz CT molecular complexity index is 243. The van der Waals surface area contributed by atoms with Crippen molar-refractivity contribution in [3.8, 4) is 0 Å². The van der Waals surface area contributed by atoms with Crippen molar-refractivity contribution < 1.29 is 9.90 Å². The molecule has 0 saturated carbocycles. The van der Waals surface area contributed by atoms with Crippen molar-refractivity contribution in [1.82, 2.24) is 0 Å². The number of carboxylic acid groups (broad SMARTS) is 1. The van der Waals surface area contributed by atoms with Crippen LogP contribution in [0.3, 0.4) is 0 Å². The fraction of sp³-hybridized carbons (Fsp3) is 0.944. The summed E-state index contributed by atoms with van der Waals surface area (Å²) in [6.07, 6.45) is 12.7. The monoisotopic (exact) mass is 316 g/mol. The summed E-state index contributed by atoms with van der Waals surface area (Å²) < 4.78 is 0. The van der Waals surface area contributed by atoms with Crippen LogP contribution in [0.1, 0.15) is 91.4 Å². The average molecular weight is 317 g/mol. The van der Waals surface area contributed by atoms with E-state index in [0.717, 1.165) is 32.1 Å². The van der Waals surface area contributed by atoms with Crippen molar-refractivity contribution in [3.05, 3.63) is 0 Å². The highest BCUT2D eigenvalue weighted by Crippen LogP contribution is 2.26. The van der Waals surface area contributed by atoms with E-state index in [-0.39, 0.29) is 5.92 Å². The minimum atomic E-state index is -0.591. The highest BCUT2D eigenvalue weighted by atomic mass is 32.2. The van der Waals surface area contributed by atoms with E-state index in [1.807, 2.05) is 0 Å². The minimum absolute atomic E-state index is 0.120. The van der Waals surface area contributed by atoms with Crippen molar-refractivity contribution in [2.75, 3.05) is 5.75 Å². The second-order valence-electron chi connectivity index (χ2n) is 6.10. The number of thioether (sulfide) groups is 1. The molecule has 0 aliphatic rings. The lowest BCUT2D eigenvalue weighted by Crippen LogP contribution is -2.16. The largest absolute Gasteiger partial charge is 0.481 e. The molecule has 0 heterocycles. The molecule has 0 radical (unpaired) electrons. The van der Waals surface area contributed by atoms with Crippen LogP contribution in [-0.2, 0) is 4.79 Å². The Morgan fingerprint density at radius 3 is 2.14 bits per heavy atom. The van der Waals surface area contributed by atoms with Crippen molar-refractivity contribution in [3.63, 3.8) is 0 Å². The highest BCUT2D eigenvalue weighted by molar-refractivity contribution is 7.99. The molecule has 0 aromatic rings. The Morgan fingerprint density at radius 2 is 1.57 bits per heavy atom. The summed E-state index contributed by atoms with van der Waals surface area (Å²) in [6, 6.07) is 0. The number of unbranched alkanes of at least 4 members (excludes halogenated alkanes) is 4. The van der Waals surface area contributed by atoms with Crippen LogP contribution < -0.4 is 0 Å². The molecule has 2 unspecified atom stereocenters. The average Bonchev–Trinajstić information content (AvgIpc) is 2.46. The topological polar surface area (TPSA) is 37.3 Å². The smallest absolute Gasteiger partial charge is 0.306 e. The minimum Gasteiger partial charge on any atom is -0.481 e.